The molecule has 0 aromatic heterocycles. The molecule has 2 aromatic rings. The molecule has 0 saturated heterocycles. The van der Waals surface area contributed by atoms with Gasteiger partial charge in [-0.25, -0.2) is 0 Å². The molecule has 6 heteroatoms. The number of rotatable bonds is 1. The zero-order chi connectivity index (χ0) is 17.6. The Hall–Kier alpha value is -2.68. The van der Waals surface area contributed by atoms with Crippen molar-refractivity contribution in [3.63, 3.8) is 0 Å². The minimum absolute atomic E-state index is 0.656. The Bertz CT molecular complexity index is 897. The number of fused-ring (bicyclic) bond motifs is 3. The van der Waals surface area contributed by atoms with Crippen LogP contribution in [0, 0.1) is 11.3 Å². The van der Waals surface area contributed by atoms with Crippen LogP contribution < -0.4 is 10.4 Å². The molecule has 2 aliphatic heterocycles. The molecule has 0 radical (unpaired) electrons. The van der Waals surface area contributed by atoms with Gasteiger partial charge in [0.2, 0.25) is 0 Å². The van der Waals surface area contributed by atoms with Gasteiger partial charge in [0.25, 0.3) is 0 Å². The molecule has 25 heavy (non-hydrogen) atoms. The number of hydrazine groups is 2. The molecule has 0 bridgehead atoms. The number of hydrogen-bond donors (Lipinski definition) is 1. The Labute approximate surface area is 152 Å². The summed E-state index contributed by atoms with van der Waals surface area (Å²) in [5, 5.41) is 14.3. The van der Waals surface area contributed by atoms with E-state index in [1.54, 1.807) is 0 Å². The van der Waals surface area contributed by atoms with E-state index in [9.17, 15) is 5.26 Å². The summed E-state index contributed by atoms with van der Waals surface area (Å²) < 4.78 is 0. The summed E-state index contributed by atoms with van der Waals surface area (Å²) in [6.45, 7) is 3.71. The molecule has 5 nitrogen and oxygen atoms in total. The number of benzene rings is 2. The minimum Gasteiger partial charge on any atom is -0.339 e. The van der Waals surface area contributed by atoms with Gasteiger partial charge < -0.3 is 4.90 Å². The topological polar surface area (TPSA) is 45.5 Å². The van der Waals surface area contributed by atoms with Crippen LogP contribution in [0.2, 0.25) is 5.02 Å². The van der Waals surface area contributed by atoms with Crippen LogP contribution in [0.5, 0.6) is 0 Å². The summed E-state index contributed by atoms with van der Waals surface area (Å²) in [5.74, 6) is 0. The molecule has 2 heterocycles. The van der Waals surface area contributed by atoms with Crippen molar-refractivity contribution in [3.8, 4) is 6.07 Å². The van der Waals surface area contributed by atoms with E-state index in [2.05, 4.69) is 28.4 Å². The molecule has 4 rings (SSSR count). The molecule has 2 aliphatic rings. The lowest BCUT2D eigenvalue weighted by atomic mass is 10.0. The summed E-state index contributed by atoms with van der Waals surface area (Å²) >= 11 is 6.05. The number of nitrogens with one attached hydrogen (secondary N) is 1. The van der Waals surface area contributed by atoms with E-state index in [1.165, 1.54) is 0 Å². The fourth-order valence-electron chi connectivity index (χ4n) is 3.40. The van der Waals surface area contributed by atoms with Crippen LogP contribution in [0.15, 0.2) is 48.2 Å². The van der Waals surface area contributed by atoms with Crippen LogP contribution >= 0.6 is 11.6 Å². The van der Waals surface area contributed by atoms with Gasteiger partial charge in [0.05, 0.1) is 35.3 Å². The number of halogens is 1. The van der Waals surface area contributed by atoms with Crippen LogP contribution in [0.1, 0.15) is 18.1 Å². The van der Waals surface area contributed by atoms with Crippen LogP contribution in [0.3, 0.4) is 0 Å². The monoisotopic (exact) mass is 351 g/mol. The van der Waals surface area contributed by atoms with Crippen molar-refractivity contribution in [3.05, 3.63) is 64.3 Å². The molecule has 0 atom stereocenters. The second-order valence-corrected chi connectivity index (χ2v) is 6.65. The number of anilines is 2. The van der Waals surface area contributed by atoms with Crippen molar-refractivity contribution in [2.24, 2.45) is 0 Å². The Balaban J connectivity index is 1.91. The van der Waals surface area contributed by atoms with Crippen molar-refractivity contribution >= 4 is 28.7 Å². The Morgan fingerprint density at radius 3 is 2.60 bits per heavy atom. The lowest BCUT2D eigenvalue weighted by Crippen LogP contribution is -2.41. The van der Waals surface area contributed by atoms with Crippen LogP contribution in [0.25, 0.3) is 5.70 Å². The zero-order valence-electron chi connectivity index (χ0n) is 14.1. The maximum atomic E-state index is 9.36. The van der Waals surface area contributed by atoms with E-state index in [-0.39, 0.29) is 0 Å². The van der Waals surface area contributed by atoms with Crippen molar-refractivity contribution < 1.29 is 0 Å². The predicted octanol–water partition coefficient (Wildman–Crippen LogP) is 3.72. The standard InChI is InChI=1S/C19H18ClN5/c1-13-19-17-8-3-14(12-21)11-18(17)24(9-10-25(19)22-23(13)2)16-6-4-15(20)5-7-16/h3-8,11,22H,9-10H2,1-2H3. The molecule has 2 aromatic carbocycles. The normalized spacial score (nSPS) is 16.5. The van der Waals surface area contributed by atoms with E-state index in [0.717, 1.165) is 41.4 Å². The summed E-state index contributed by atoms with van der Waals surface area (Å²) in [5.41, 5.74) is 9.55. The van der Waals surface area contributed by atoms with Crippen molar-refractivity contribution in [2.45, 2.75) is 6.92 Å². The van der Waals surface area contributed by atoms with Gasteiger partial charge in [-0.3, -0.25) is 10.0 Å². The van der Waals surface area contributed by atoms with E-state index < -0.39 is 0 Å². The first kappa shape index (κ1) is 15.8. The summed E-state index contributed by atoms with van der Waals surface area (Å²) in [6.07, 6.45) is 0. The maximum Gasteiger partial charge on any atom is 0.0992 e. The number of nitrogens with zero attached hydrogens (tertiary/aromatic N) is 4. The average molecular weight is 352 g/mol. The summed E-state index contributed by atoms with van der Waals surface area (Å²) in [4.78, 5) is 2.24. The summed E-state index contributed by atoms with van der Waals surface area (Å²) in [6, 6.07) is 16.0. The number of hydrogen-bond acceptors (Lipinski definition) is 5. The number of nitriles is 1. The molecule has 0 spiro atoms. The Morgan fingerprint density at radius 1 is 1.12 bits per heavy atom. The maximum absolute atomic E-state index is 9.36. The first-order chi connectivity index (χ1) is 12.1. The molecule has 0 amide bonds. The van der Waals surface area contributed by atoms with Gasteiger partial charge in [-0.15, -0.1) is 5.53 Å². The predicted molar refractivity (Wildman–Crippen MR) is 99.8 cm³/mol. The SMILES string of the molecule is CC1=C2c3ccc(C#N)cc3N(c3ccc(Cl)cc3)CCN2NN1C. The third-order valence-corrected chi connectivity index (χ3v) is 5.00. The highest BCUT2D eigenvalue weighted by Gasteiger charge is 2.31. The van der Waals surface area contributed by atoms with Crippen molar-refractivity contribution in [1.82, 2.24) is 15.6 Å². The van der Waals surface area contributed by atoms with Gasteiger partial charge in [0.1, 0.15) is 0 Å². The molecule has 0 aliphatic carbocycles. The molecular formula is C19H18ClN5. The van der Waals surface area contributed by atoms with Crippen LogP contribution in [0.4, 0.5) is 11.4 Å². The second kappa shape index (κ2) is 5.99. The van der Waals surface area contributed by atoms with Gasteiger partial charge in [0, 0.05) is 29.9 Å². The first-order valence-electron chi connectivity index (χ1n) is 8.14. The second-order valence-electron chi connectivity index (χ2n) is 6.22. The fraction of sp³-hybridized carbons (Fsp3) is 0.211. The van der Waals surface area contributed by atoms with Crippen LogP contribution in [-0.2, 0) is 0 Å². The third kappa shape index (κ3) is 2.60. The lowest BCUT2D eigenvalue weighted by Gasteiger charge is -2.26. The quantitative estimate of drug-likeness (QED) is 0.848. The summed E-state index contributed by atoms with van der Waals surface area (Å²) in [7, 11) is 2.01. The zero-order valence-corrected chi connectivity index (χ0v) is 14.9. The van der Waals surface area contributed by atoms with E-state index in [4.69, 9.17) is 11.6 Å². The average Bonchev–Trinajstić information content (AvgIpc) is 2.81. The third-order valence-electron chi connectivity index (χ3n) is 4.74. The Morgan fingerprint density at radius 2 is 1.88 bits per heavy atom. The Kier molecular flexibility index (Phi) is 3.79. The van der Waals surface area contributed by atoms with Gasteiger partial charge in [-0.05, 0) is 49.4 Å². The van der Waals surface area contributed by atoms with Gasteiger partial charge in [0.15, 0.2) is 0 Å². The molecule has 1 N–H and O–H groups in total. The molecule has 0 saturated carbocycles. The molecular weight excluding hydrogens is 334 g/mol. The van der Waals surface area contributed by atoms with Crippen molar-refractivity contribution in [2.75, 3.05) is 25.0 Å². The fourth-order valence-corrected chi connectivity index (χ4v) is 3.52. The lowest BCUT2D eigenvalue weighted by molar-refractivity contribution is 0.166. The molecule has 126 valence electrons. The highest BCUT2D eigenvalue weighted by Crippen LogP contribution is 2.40. The first-order valence-corrected chi connectivity index (χ1v) is 8.52. The van der Waals surface area contributed by atoms with Crippen molar-refractivity contribution in [1.29, 1.82) is 5.26 Å². The van der Waals surface area contributed by atoms with E-state index >= 15 is 0 Å². The minimum atomic E-state index is 0.656. The van der Waals surface area contributed by atoms with E-state index in [0.29, 0.717) is 10.6 Å². The molecule has 0 fully saturated rings. The van der Waals surface area contributed by atoms with Crippen LogP contribution in [-0.4, -0.2) is 30.2 Å². The molecule has 0 unspecified atom stereocenters. The van der Waals surface area contributed by atoms with Gasteiger partial charge in [-0.2, -0.15) is 5.26 Å². The van der Waals surface area contributed by atoms with Gasteiger partial charge >= 0.3 is 0 Å². The highest BCUT2D eigenvalue weighted by atomic mass is 35.5. The van der Waals surface area contributed by atoms with Gasteiger partial charge in [-0.1, -0.05) is 11.6 Å². The smallest absolute Gasteiger partial charge is 0.0992 e. The highest BCUT2D eigenvalue weighted by molar-refractivity contribution is 6.30. The van der Waals surface area contributed by atoms with E-state index in [1.807, 2.05) is 54.5 Å². The number of allylic oxidation sites excluding steroid dienone is 1. The largest absolute Gasteiger partial charge is 0.339 e.